The molecule has 0 spiro atoms. The molecule has 0 saturated heterocycles. The van der Waals surface area contributed by atoms with Crippen LogP contribution >= 0.6 is 24.0 Å². The average Bonchev–Trinajstić information content (AvgIpc) is 3.39. The second kappa shape index (κ2) is 10.7. The summed E-state index contributed by atoms with van der Waals surface area (Å²) in [4.78, 5) is 6.61. The number of methoxy groups -OCH3 is 1. The van der Waals surface area contributed by atoms with Gasteiger partial charge in [-0.1, -0.05) is 0 Å². The number of likely N-dealkylation sites (N-methyl/N-ethyl adjacent to an activating group) is 1. The Morgan fingerprint density at radius 3 is 2.56 bits per heavy atom. The summed E-state index contributed by atoms with van der Waals surface area (Å²) in [6, 6.07) is 6.32. The summed E-state index contributed by atoms with van der Waals surface area (Å²) >= 11 is 0. The molecule has 1 fully saturated rings. The smallest absolute Gasteiger partial charge is 0.195 e. The maximum Gasteiger partial charge on any atom is 0.195 e. The number of nitrogens with zero attached hydrogens (tertiary/aromatic N) is 2. The Bertz CT molecular complexity index is 560. The number of benzene rings is 1. The average molecular weight is 462 g/mol. The zero-order valence-corrected chi connectivity index (χ0v) is 18.2. The third-order valence-corrected chi connectivity index (χ3v) is 4.26. The molecule has 1 aromatic rings. The molecule has 7 heteroatoms. The van der Waals surface area contributed by atoms with Crippen LogP contribution in [0.3, 0.4) is 0 Å². The maximum absolute atomic E-state index is 5.62. The van der Waals surface area contributed by atoms with Gasteiger partial charge in [0.1, 0.15) is 0 Å². The SMILES string of the molecule is CCOc1cc(NC(=NC)NCC(C2CC2)N(C)C)ccc1OC.I. The molecule has 25 heavy (non-hydrogen) atoms. The van der Waals surface area contributed by atoms with E-state index in [4.69, 9.17) is 9.47 Å². The molecule has 0 radical (unpaired) electrons. The van der Waals surface area contributed by atoms with E-state index in [0.29, 0.717) is 12.6 Å². The number of hydrogen-bond donors (Lipinski definition) is 2. The highest BCUT2D eigenvalue weighted by Crippen LogP contribution is 2.34. The van der Waals surface area contributed by atoms with Gasteiger partial charge in [-0.2, -0.15) is 0 Å². The van der Waals surface area contributed by atoms with Gasteiger partial charge >= 0.3 is 0 Å². The lowest BCUT2D eigenvalue weighted by Crippen LogP contribution is -2.43. The Labute approximate surface area is 168 Å². The fraction of sp³-hybridized carbons (Fsp3) is 0.611. The summed E-state index contributed by atoms with van der Waals surface area (Å²) in [6.07, 6.45) is 2.65. The summed E-state index contributed by atoms with van der Waals surface area (Å²) in [7, 11) is 7.70. The molecule has 2 rings (SSSR count). The van der Waals surface area contributed by atoms with Crippen LogP contribution in [0.25, 0.3) is 0 Å². The number of anilines is 1. The van der Waals surface area contributed by atoms with Crippen LogP contribution in [0.4, 0.5) is 5.69 Å². The molecule has 0 amide bonds. The molecule has 142 valence electrons. The molecule has 1 atom stereocenters. The minimum atomic E-state index is 0. The van der Waals surface area contributed by atoms with E-state index in [1.807, 2.05) is 25.1 Å². The van der Waals surface area contributed by atoms with Crippen molar-refractivity contribution in [2.45, 2.75) is 25.8 Å². The Morgan fingerprint density at radius 1 is 1.32 bits per heavy atom. The topological polar surface area (TPSA) is 58.1 Å². The molecule has 1 aromatic carbocycles. The fourth-order valence-corrected chi connectivity index (χ4v) is 2.79. The van der Waals surface area contributed by atoms with E-state index >= 15 is 0 Å². The zero-order valence-electron chi connectivity index (χ0n) is 15.8. The summed E-state index contributed by atoms with van der Waals surface area (Å²) in [6.45, 7) is 3.43. The van der Waals surface area contributed by atoms with Crippen LogP contribution in [0, 0.1) is 5.92 Å². The van der Waals surface area contributed by atoms with Gasteiger partial charge < -0.3 is 25.0 Å². The predicted octanol–water partition coefficient (Wildman–Crippen LogP) is 3.04. The Hall–Kier alpha value is -1.22. The minimum Gasteiger partial charge on any atom is -0.493 e. The number of hydrogen-bond acceptors (Lipinski definition) is 4. The van der Waals surface area contributed by atoms with Gasteiger partial charge in [0.05, 0.1) is 13.7 Å². The van der Waals surface area contributed by atoms with E-state index < -0.39 is 0 Å². The number of rotatable bonds is 8. The van der Waals surface area contributed by atoms with Crippen molar-refractivity contribution in [3.63, 3.8) is 0 Å². The summed E-state index contributed by atoms with van der Waals surface area (Å²) in [5, 5.41) is 6.74. The molecule has 0 heterocycles. The van der Waals surface area contributed by atoms with Crippen molar-refractivity contribution in [1.29, 1.82) is 0 Å². The molecule has 1 aliphatic rings. The van der Waals surface area contributed by atoms with Crippen LogP contribution in [-0.2, 0) is 0 Å². The van der Waals surface area contributed by atoms with Crippen LogP contribution in [0.15, 0.2) is 23.2 Å². The van der Waals surface area contributed by atoms with E-state index in [9.17, 15) is 0 Å². The number of nitrogens with one attached hydrogen (secondary N) is 2. The lowest BCUT2D eigenvalue weighted by Gasteiger charge is -2.25. The lowest BCUT2D eigenvalue weighted by molar-refractivity contribution is 0.264. The second-order valence-corrected chi connectivity index (χ2v) is 6.25. The van der Waals surface area contributed by atoms with Crippen molar-refractivity contribution >= 4 is 35.6 Å². The molecule has 6 nitrogen and oxygen atoms in total. The van der Waals surface area contributed by atoms with Gasteiger partial charge in [-0.3, -0.25) is 4.99 Å². The molecule has 1 unspecified atom stereocenters. The molecule has 0 bridgehead atoms. The molecular weight excluding hydrogens is 431 g/mol. The van der Waals surface area contributed by atoms with E-state index in [0.717, 1.165) is 35.6 Å². The van der Waals surface area contributed by atoms with E-state index in [1.165, 1.54) is 12.8 Å². The van der Waals surface area contributed by atoms with Crippen molar-refractivity contribution in [1.82, 2.24) is 10.2 Å². The van der Waals surface area contributed by atoms with Gasteiger partial charge in [0.15, 0.2) is 17.5 Å². The molecule has 1 saturated carbocycles. The monoisotopic (exact) mass is 462 g/mol. The molecule has 1 aliphatic carbocycles. The van der Waals surface area contributed by atoms with Crippen LogP contribution in [0.5, 0.6) is 11.5 Å². The molecular formula is C18H31IN4O2. The Balaban J connectivity index is 0.00000312. The number of guanidine groups is 1. The van der Waals surface area contributed by atoms with Crippen LogP contribution in [-0.4, -0.2) is 58.3 Å². The van der Waals surface area contributed by atoms with Crippen molar-refractivity contribution in [2.24, 2.45) is 10.9 Å². The van der Waals surface area contributed by atoms with E-state index in [2.05, 4.69) is 34.6 Å². The normalized spacial score (nSPS) is 15.4. The van der Waals surface area contributed by atoms with Crippen molar-refractivity contribution in [2.75, 3.05) is 46.7 Å². The highest BCUT2D eigenvalue weighted by Gasteiger charge is 2.32. The minimum absolute atomic E-state index is 0. The summed E-state index contributed by atoms with van der Waals surface area (Å²) < 4.78 is 10.9. The largest absolute Gasteiger partial charge is 0.493 e. The van der Waals surface area contributed by atoms with Gasteiger partial charge in [-0.25, -0.2) is 0 Å². The molecule has 0 aromatic heterocycles. The van der Waals surface area contributed by atoms with Gasteiger partial charge in [0, 0.05) is 31.4 Å². The van der Waals surface area contributed by atoms with Crippen LogP contribution in [0.1, 0.15) is 19.8 Å². The maximum atomic E-state index is 5.62. The predicted molar refractivity (Wildman–Crippen MR) is 115 cm³/mol. The first-order chi connectivity index (χ1) is 11.6. The summed E-state index contributed by atoms with van der Waals surface area (Å²) in [5.74, 6) is 3.02. The van der Waals surface area contributed by atoms with Gasteiger partial charge in [0.2, 0.25) is 0 Å². The standard InChI is InChI=1S/C18H30N4O2.HI/c1-6-24-17-11-14(9-10-16(17)23-5)21-18(19-2)20-12-15(22(3)4)13-7-8-13;/h9-11,13,15H,6-8,12H2,1-5H3,(H2,19,20,21);1H. The molecule has 0 aliphatic heterocycles. The number of ether oxygens (including phenoxy) is 2. The zero-order chi connectivity index (χ0) is 17.5. The van der Waals surface area contributed by atoms with Gasteiger partial charge in [-0.05, 0) is 51.9 Å². The third kappa shape index (κ3) is 6.54. The number of halogens is 1. The lowest BCUT2D eigenvalue weighted by atomic mass is 10.1. The quantitative estimate of drug-likeness (QED) is 0.354. The van der Waals surface area contributed by atoms with Crippen molar-refractivity contribution in [3.05, 3.63) is 18.2 Å². The van der Waals surface area contributed by atoms with Crippen molar-refractivity contribution in [3.8, 4) is 11.5 Å². The first-order valence-electron chi connectivity index (χ1n) is 8.54. The van der Waals surface area contributed by atoms with Crippen LogP contribution in [0.2, 0.25) is 0 Å². The number of aliphatic imine (C=N–C) groups is 1. The van der Waals surface area contributed by atoms with E-state index in [1.54, 1.807) is 14.2 Å². The Morgan fingerprint density at radius 2 is 2.04 bits per heavy atom. The van der Waals surface area contributed by atoms with Crippen molar-refractivity contribution < 1.29 is 9.47 Å². The Kier molecular flexibility index (Phi) is 9.34. The fourth-order valence-electron chi connectivity index (χ4n) is 2.79. The van der Waals surface area contributed by atoms with Crippen LogP contribution < -0.4 is 20.1 Å². The molecule has 2 N–H and O–H groups in total. The third-order valence-electron chi connectivity index (χ3n) is 4.26. The summed E-state index contributed by atoms with van der Waals surface area (Å²) in [5.41, 5.74) is 0.917. The second-order valence-electron chi connectivity index (χ2n) is 6.25. The van der Waals surface area contributed by atoms with Gasteiger partial charge in [-0.15, -0.1) is 24.0 Å². The highest BCUT2D eigenvalue weighted by atomic mass is 127. The highest BCUT2D eigenvalue weighted by molar-refractivity contribution is 14.0. The van der Waals surface area contributed by atoms with Gasteiger partial charge in [0.25, 0.3) is 0 Å². The first kappa shape index (κ1) is 21.8. The first-order valence-corrected chi connectivity index (χ1v) is 8.54. The van der Waals surface area contributed by atoms with E-state index in [-0.39, 0.29) is 24.0 Å².